The van der Waals surface area contributed by atoms with E-state index in [1.807, 2.05) is 10.9 Å². The van der Waals surface area contributed by atoms with Gasteiger partial charge in [0.25, 0.3) is 11.8 Å². The number of para-hydroxylation sites is 1. The Balaban J connectivity index is 2.04. The number of nitrogens with zero attached hydrogens (tertiary/aromatic N) is 3. The number of ether oxygens (including phenoxy) is 1. The maximum atomic E-state index is 13.7. The number of nitrogens with one attached hydrogen (secondary N) is 3. The summed E-state index contributed by atoms with van der Waals surface area (Å²) < 4.78 is 46.6. The molecule has 0 atom stereocenters. The number of carbonyl (C=O) groups excluding carboxylic acids is 3. The van der Waals surface area contributed by atoms with Crippen molar-refractivity contribution < 1.29 is 32.3 Å². The SMILES string of the molecule is COC(=O)NNC(=O)c1cccc(C(F)(F)F)c1NC(=O)c1cc(Br)nn1-c1ncccc1Cl. The largest absolute Gasteiger partial charge is 0.452 e. The molecule has 2 aromatic heterocycles. The predicted molar refractivity (Wildman–Crippen MR) is 116 cm³/mol. The van der Waals surface area contributed by atoms with Gasteiger partial charge in [-0.25, -0.2) is 19.9 Å². The van der Waals surface area contributed by atoms with Crippen LogP contribution in [0.15, 0.2) is 47.2 Å². The van der Waals surface area contributed by atoms with Gasteiger partial charge in [-0.05, 0) is 40.2 Å². The zero-order valence-electron chi connectivity index (χ0n) is 16.9. The summed E-state index contributed by atoms with van der Waals surface area (Å²) in [7, 11) is 1.02. The molecule has 178 valence electrons. The third kappa shape index (κ3) is 5.46. The van der Waals surface area contributed by atoms with Crippen molar-refractivity contribution in [3.05, 3.63) is 69.0 Å². The predicted octanol–water partition coefficient (Wildman–Crippen LogP) is 3.96. The lowest BCUT2D eigenvalue weighted by Gasteiger charge is -2.18. The zero-order chi connectivity index (χ0) is 25.0. The van der Waals surface area contributed by atoms with Gasteiger partial charge in [0.05, 0.1) is 28.9 Å². The van der Waals surface area contributed by atoms with E-state index in [1.165, 1.54) is 24.4 Å². The number of hydrazine groups is 1. The van der Waals surface area contributed by atoms with Crippen molar-refractivity contribution in [1.29, 1.82) is 0 Å². The molecule has 3 amide bonds. The minimum Gasteiger partial charge on any atom is -0.452 e. The molecule has 0 fully saturated rings. The summed E-state index contributed by atoms with van der Waals surface area (Å²) in [5.41, 5.74) is 0.778. The number of carbonyl (C=O) groups is 3. The van der Waals surface area contributed by atoms with Gasteiger partial charge in [0.2, 0.25) is 0 Å². The van der Waals surface area contributed by atoms with Gasteiger partial charge in [-0.15, -0.1) is 0 Å². The summed E-state index contributed by atoms with van der Waals surface area (Å²) in [6.45, 7) is 0. The number of amides is 3. The fourth-order valence-electron chi connectivity index (χ4n) is 2.72. The van der Waals surface area contributed by atoms with Crippen LogP contribution in [0.4, 0.5) is 23.7 Å². The summed E-state index contributed by atoms with van der Waals surface area (Å²) in [5, 5.41) is 6.29. The first kappa shape index (κ1) is 25.0. The summed E-state index contributed by atoms with van der Waals surface area (Å²) in [5.74, 6) is -2.15. The molecule has 0 bridgehead atoms. The van der Waals surface area contributed by atoms with E-state index in [0.717, 1.165) is 23.9 Å². The third-order valence-electron chi connectivity index (χ3n) is 4.17. The molecule has 1 aromatic carbocycles. The second-order valence-corrected chi connectivity index (χ2v) is 7.54. The topological polar surface area (TPSA) is 127 Å². The molecule has 0 unspecified atom stereocenters. The van der Waals surface area contributed by atoms with Crippen LogP contribution >= 0.6 is 27.5 Å². The number of aromatic nitrogens is 3. The summed E-state index contributed by atoms with van der Waals surface area (Å²) in [6.07, 6.45) is -4.61. The van der Waals surface area contributed by atoms with Crippen LogP contribution in [0.5, 0.6) is 0 Å². The third-order valence-corrected chi connectivity index (χ3v) is 4.85. The number of hydrogen-bond acceptors (Lipinski definition) is 6. The molecule has 3 N–H and O–H groups in total. The van der Waals surface area contributed by atoms with Gasteiger partial charge in [-0.3, -0.25) is 15.0 Å². The smallest absolute Gasteiger partial charge is 0.425 e. The Hall–Kier alpha value is -3.65. The molecule has 10 nitrogen and oxygen atoms in total. The van der Waals surface area contributed by atoms with Crippen LogP contribution in [-0.4, -0.2) is 39.8 Å². The lowest BCUT2D eigenvalue weighted by molar-refractivity contribution is -0.136. The number of halogens is 5. The molecule has 0 aliphatic rings. The molecular formula is C19H13BrClF3N6O4. The molecule has 0 spiro atoms. The number of pyridine rings is 1. The molecule has 0 aliphatic carbocycles. The van der Waals surface area contributed by atoms with Crippen molar-refractivity contribution in [2.75, 3.05) is 12.4 Å². The molecule has 3 rings (SSSR count). The van der Waals surface area contributed by atoms with Crippen molar-refractivity contribution in [1.82, 2.24) is 25.6 Å². The van der Waals surface area contributed by atoms with E-state index < -0.39 is 40.9 Å². The van der Waals surface area contributed by atoms with Crippen molar-refractivity contribution in [3.8, 4) is 5.82 Å². The number of hydrogen-bond donors (Lipinski definition) is 3. The van der Waals surface area contributed by atoms with Crippen molar-refractivity contribution in [2.45, 2.75) is 6.18 Å². The molecule has 0 saturated heterocycles. The standard InChI is InChI=1S/C19H13BrClF3N6O4/c1-34-18(33)28-27-16(31)9-4-2-5-10(19(22,23)24)14(9)26-17(32)12-8-13(20)29-30(12)15-11(21)6-3-7-25-15/h2-8H,1H3,(H,26,32)(H,27,31)(H,28,33). The Labute approximate surface area is 202 Å². The second-order valence-electron chi connectivity index (χ2n) is 6.32. The van der Waals surface area contributed by atoms with Gasteiger partial charge < -0.3 is 10.1 Å². The first-order valence-corrected chi connectivity index (χ1v) is 10.2. The Morgan fingerprint density at radius 3 is 2.50 bits per heavy atom. The zero-order valence-corrected chi connectivity index (χ0v) is 19.2. The van der Waals surface area contributed by atoms with E-state index in [0.29, 0.717) is 6.07 Å². The number of anilines is 1. The normalized spacial score (nSPS) is 11.0. The van der Waals surface area contributed by atoms with Gasteiger partial charge in [0.15, 0.2) is 5.82 Å². The minimum atomic E-state index is -4.93. The highest BCUT2D eigenvalue weighted by atomic mass is 79.9. The van der Waals surface area contributed by atoms with E-state index in [2.05, 4.69) is 36.1 Å². The molecule has 34 heavy (non-hydrogen) atoms. The number of benzene rings is 1. The highest BCUT2D eigenvalue weighted by molar-refractivity contribution is 9.10. The summed E-state index contributed by atoms with van der Waals surface area (Å²) in [6, 6.07) is 6.94. The van der Waals surface area contributed by atoms with Crippen molar-refractivity contribution in [2.24, 2.45) is 0 Å². The number of methoxy groups -OCH3 is 1. The van der Waals surface area contributed by atoms with Gasteiger partial charge >= 0.3 is 12.3 Å². The van der Waals surface area contributed by atoms with Crippen LogP contribution in [0, 0.1) is 0 Å². The monoisotopic (exact) mass is 560 g/mol. The average Bonchev–Trinajstić information content (AvgIpc) is 3.18. The molecular weight excluding hydrogens is 549 g/mol. The van der Waals surface area contributed by atoms with Crippen LogP contribution < -0.4 is 16.2 Å². The second kappa shape index (κ2) is 10.1. The maximum absolute atomic E-state index is 13.7. The Bertz CT molecular complexity index is 1270. The lowest BCUT2D eigenvalue weighted by atomic mass is 10.1. The lowest BCUT2D eigenvalue weighted by Crippen LogP contribution is -2.42. The van der Waals surface area contributed by atoms with Crippen molar-refractivity contribution in [3.63, 3.8) is 0 Å². The van der Waals surface area contributed by atoms with Gasteiger partial charge in [-0.1, -0.05) is 17.7 Å². The molecule has 3 aromatic rings. The van der Waals surface area contributed by atoms with E-state index in [1.54, 1.807) is 0 Å². The average molecular weight is 562 g/mol. The van der Waals surface area contributed by atoms with E-state index >= 15 is 0 Å². The number of alkyl halides is 3. The van der Waals surface area contributed by atoms with Gasteiger partial charge in [0.1, 0.15) is 10.3 Å². The first-order valence-electron chi connectivity index (χ1n) is 9.05. The molecule has 0 saturated carbocycles. The summed E-state index contributed by atoms with van der Waals surface area (Å²) >= 11 is 9.22. The Morgan fingerprint density at radius 2 is 1.85 bits per heavy atom. The van der Waals surface area contributed by atoms with Crippen LogP contribution in [-0.2, 0) is 10.9 Å². The molecule has 15 heteroatoms. The maximum Gasteiger partial charge on any atom is 0.425 e. The Morgan fingerprint density at radius 1 is 1.12 bits per heavy atom. The molecule has 0 aliphatic heterocycles. The summed E-state index contributed by atoms with van der Waals surface area (Å²) in [4.78, 5) is 40.7. The van der Waals surface area contributed by atoms with E-state index in [-0.39, 0.29) is 21.1 Å². The molecule has 0 radical (unpaired) electrons. The van der Waals surface area contributed by atoms with E-state index in [9.17, 15) is 27.6 Å². The quantitative estimate of drug-likeness (QED) is 0.414. The Kier molecular flexibility index (Phi) is 7.41. The first-order chi connectivity index (χ1) is 16.0. The van der Waals surface area contributed by atoms with Crippen LogP contribution in [0.2, 0.25) is 5.02 Å². The van der Waals surface area contributed by atoms with Crippen LogP contribution in [0.25, 0.3) is 5.82 Å². The van der Waals surface area contributed by atoms with E-state index in [4.69, 9.17) is 11.6 Å². The fraction of sp³-hybridized carbons (Fsp3) is 0.105. The van der Waals surface area contributed by atoms with Crippen molar-refractivity contribution >= 4 is 51.1 Å². The number of rotatable bonds is 4. The van der Waals surface area contributed by atoms with Gasteiger partial charge in [-0.2, -0.15) is 18.3 Å². The van der Waals surface area contributed by atoms with Gasteiger partial charge in [0, 0.05) is 12.3 Å². The van der Waals surface area contributed by atoms with Crippen LogP contribution in [0.1, 0.15) is 26.4 Å². The van der Waals surface area contributed by atoms with Crippen LogP contribution in [0.3, 0.4) is 0 Å². The molecule has 2 heterocycles. The minimum absolute atomic E-state index is 0.0457. The highest BCUT2D eigenvalue weighted by Crippen LogP contribution is 2.37. The fourth-order valence-corrected chi connectivity index (χ4v) is 3.30. The highest BCUT2D eigenvalue weighted by Gasteiger charge is 2.36.